The van der Waals surface area contributed by atoms with Crippen LogP contribution in [0.5, 0.6) is 0 Å². The van der Waals surface area contributed by atoms with Gasteiger partial charge >= 0.3 is 0 Å². The number of rotatable bonds is 3. The van der Waals surface area contributed by atoms with Gasteiger partial charge in [0.15, 0.2) is 5.01 Å². The van der Waals surface area contributed by atoms with Crippen LogP contribution in [0.3, 0.4) is 0 Å². The number of alkyl halides is 2. The van der Waals surface area contributed by atoms with Gasteiger partial charge in [-0.25, -0.2) is 13.8 Å². The first-order valence-corrected chi connectivity index (χ1v) is 6.34. The van der Waals surface area contributed by atoms with Crippen molar-refractivity contribution in [2.75, 3.05) is 0 Å². The molecule has 1 saturated carbocycles. The predicted molar refractivity (Wildman–Crippen MR) is 63.5 cm³/mol. The Morgan fingerprint density at radius 2 is 1.88 bits per heavy atom. The van der Waals surface area contributed by atoms with E-state index < -0.39 is 6.43 Å². The number of nitrogens with zero attached hydrogens (tertiary/aromatic N) is 1. The first-order chi connectivity index (χ1) is 8.22. The summed E-state index contributed by atoms with van der Waals surface area (Å²) in [4.78, 5) is 4.79. The van der Waals surface area contributed by atoms with E-state index in [9.17, 15) is 8.78 Å². The third-order valence-corrected chi connectivity index (χ3v) is 4.47. The van der Waals surface area contributed by atoms with E-state index in [0.29, 0.717) is 0 Å². The van der Waals surface area contributed by atoms with Gasteiger partial charge in [-0.1, -0.05) is 30.3 Å². The molecule has 4 heteroatoms. The topological polar surface area (TPSA) is 12.9 Å². The number of hydrogen-bond donors (Lipinski definition) is 0. The Balaban J connectivity index is 1.98. The van der Waals surface area contributed by atoms with Crippen LogP contribution in [0.2, 0.25) is 0 Å². The normalized spacial score (nSPS) is 17.4. The minimum Gasteiger partial charge on any atom is -0.243 e. The molecule has 1 heterocycles. The molecule has 0 amide bonds. The van der Waals surface area contributed by atoms with Gasteiger partial charge < -0.3 is 0 Å². The third kappa shape index (κ3) is 1.76. The Labute approximate surface area is 102 Å². The molecule has 0 radical (unpaired) electrons. The van der Waals surface area contributed by atoms with E-state index in [-0.39, 0.29) is 10.4 Å². The molecule has 1 aromatic heterocycles. The molecule has 0 unspecified atom stereocenters. The molecule has 2 aromatic rings. The highest BCUT2D eigenvalue weighted by Gasteiger charge is 2.47. The van der Waals surface area contributed by atoms with Gasteiger partial charge in [-0.2, -0.15) is 0 Å². The van der Waals surface area contributed by atoms with Crippen LogP contribution in [0.25, 0.3) is 0 Å². The van der Waals surface area contributed by atoms with Crippen molar-refractivity contribution in [3.05, 3.63) is 52.0 Å². The quantitative estimate of drug-likeness (QED) is 0.798. The first-order valence-electron chi connectivity index (χ1n) is 5.52. The minimum absolute atomic E-state index is 0.0356. The maximum Gasteiger partial charge on any atom is 0.289 e. The lowest BCUT2D eigenvalue weighted by Crippen LogP contribution is -2.05. The zero-order chi connectivity index (χ0) is 11.9. The third-order valence-electron chi connectivity index (χ3n) is 3.26. The highest BCUT2D eigenvalue weighted by Crippen LogP contribution is 2.55. The summed E-state index contributed by atoms with van der Waals surface area (Å²) in [6.45, 7) is 0. The second kappa shape index (κ2) is 3.88. The lowest BCUT2D eigenvalue weighted by Gasteiger charge is -2.12. The monoisotopic (exact) mass is 251 g/mol. The second-order valence-corrected chi connectivity index (χ2v) is 5.37. The zero-order valence-corrected chi connectivity index (χ0v) is 9.88. The molecule has 0 aliphatic heterocycles. The predicted octanol–water partition coefficient (Wildman–Crippen LogP) is 4.16. The summed E-state index contributed by atoms with van der Waals surface area (Å²) < 4.78 is 25.1. The molecule has 1 aliphatic rings. The molecule has 0 bridgehead atoms. The molecule has 17 heavy (non-hydrogen) atoms. The molecule has 88 valence electrons. The Morgan fingerprint density at radius 1 is 1.18 bits per heavy atom. The van der Waals surface area contributed by atoms with Crippen molar-refractivity contribution in [1.29, 1.82) is 0 Å². The van der Waals surface area contributed by atoms with E-state index in [4.69, 9.17) is 0 Å². The molecule has 1 nitrogen and oxygen atoms in total. The molecule has 0 N–H and O–H groups in total. The van der Waals surface area contributed by atoms with E-state index in [1.807, 2.05) is 18.2 Å². The van der Waals surface area contributed by atoms with Crippen molar-refractivity contribution >= 4 is 11.3 Å². The number of aromatic nitrogens is 1. The Bertz CT molecular complexity index is 517. The molecular formula is C13H11F2NS. The molecule has 0 spiro atoms. The average molecular weight is 251 g/mol. The fourth-order valence-electron chi connectivity index (χ4n) is 2.17. The van der Waals surface area contributed by atoms with Crippen LogP contribution >= 0.6 is 11.3 Å². The highest BCUT2D eigenvalue weighted by atomic mass is 32.1. The van der Waals surface area contributed by atoms with Crippen molar-refractivity contribution in [2.24, 2.45) is 0 Å². The van der Waals surface area contributed by atoms with Gasteiger partial charge in [0.2, 0.25) is 0 Å². The van der Waals surface area contributed by atoms with Crippen molar-refractivity contribution < 1.29 is 8.78 Å². The standard InChI is InChI=1S/C13H11F2NS/c14-11(15)12-16-8-10(17-12)13(6-7-13)9-4-2-1-3-5-9/h1-5,8,11H,6-7H2. The van der Waals surface area contributed by atoms with Crippen LogP contribution in [0.15, 0.2) is 36.5 Å². The summed E-state index contributed by atoms with van der Waals surface area (Å²) in [5, 5.41) is -0.0674. The van der Waals surface area contributed by atoms with Crippen LogP contribution in [0.4, 0.5) is 8.78 Å². The van der Waals surface area contributed by atoms with Gasteiger partial charge in [-0.05, 0) is 18.4 Å². The summed E-state index contributed by atoms with van der Waals surface area (Å²) in [5.41, 5.74) is 1.18. The van der Waals surface area contributed by atoms with E-state index >= 15 is 0 Å². The van der Waals surface area contributed by atoms with Crippen molar-refractivity contribution in [1.82, 2.24) is 4.98 Å². The first kappa shape index (κ1) is 10.8. The maximum atomic E-state index is 12.5. The zero-order valence-electron chi connectivity index (χ0n) is 9.07. The van der Waals surface area contributed by atoms with Crippen LogP contribution in [0.1, 0.15) is 34.7 Å². The van der Waals surface area contributed by atoms with E-state index in [2.05, 4.69) is 17.1 Å². The Morgan fingerprint density at radius 3 is 2.41 bits per heavy atom. The fraction of sp³-hybridized carbons (Fsp3) is 0.308. The summed E-state index contributed by atoms with van der Waals surface area (Å²) in [5.74, 6) is 0. The second-order valence-electron chi connectivity index (χ2n) is 4.31. The lowest BCUT2D eigenvalue weighted by molar-refractivity contribution is 0.151. The van der Waals surface area contributed by atoms with Crippen LogP contribution in [-0.4, -0.2) is 4.98 Å². The van der Waals surface area contributed by atoms with E-state index in [1.54, 1.807) is 6.20 Å². The van der Waals surface area contributed by atoms with E-state index in [0.717, 1.165) is 29.1 Å². The van der Waals surface area contributed by atoms with Gasteiger partial charge in [-0.3, -0.25) is 0 Å². The number of benzene rings is 1. The molecular weight excluding hydrogens is 240 g/mol. The van der Waals surface area contributed by atoms with E-state index in [1.165, 1.54) is 5.56 Å². The molecule has 0 saturated heterocycles. The molecule has 1 aromatic carbocycles. The van der Waals surface area contributed by atoms with Crippen molar-refractivity contribution in [3.8, 4) is 0 Å². The molecule has 1 aliphatic carbocycles. The molecule has 1 fully saturated rings. The van der Waals surface area contributed by atoms with Crippen molar-refractivity contribution in [3.63, 3.8) is 0 Å². The summed E-state index contributed by atoms with van der Waals surface area (Å²) in [7, 11) is 0. The van der Waals surface area contributed by atoms with Crippen molar-refractivity contribution in [2.45, 2.75) is 24.7 Å². The highest BCUT2D eigenvalue weighted by molar-refractivity contribution is 7.11. The van der Waals surface area contributed by atoms with Gasteiger partial charge in [-0.15, -0.1) is 11.3 Å². The molecule has 0 atom stereocenters. The lowest BCUT2D eigenvalue weighted by atomic mass is 9.95. The Kier molecular flexibility index (Phi) is 2.47. The van der Waals surface area contributed by atoms with Crippen LogP contribution in [0, 0.1) is 0 Å². The minimum atomic E-state index is -2.46. The number of halogens is 2. The number of thiazole rings is 1. The SMILES string of the molecule is FC(F)c1ncc(C2(c3ccccc3)CC2)s1. The van der Waals surface area contributed by atoms with Crippen LogP contribution in [-0.2, 0) is 5.41 Å². The largest absolute Gasteiger partial charge is 0.289 e. The van der Waals surface area contributed by atoms with Gasteiger partial charge in [0.05, 0.1) is 0 Å². The van der Waals surface area contributed by atoms with Gasteiger partial charge in [0, 0.05) is 16.5 Å². The fourth-order valence-corrected chi connectivity index (χ4v) is 3.21. The van der Waals surface area contributed by atoms with Gasteiger partial charge in [0.25, 0.3) is 6.43 Å². The Hall–Kier alpha value is -1.29. The van der Waals surface area contributed by atoms with Gasteiger partial charge in [0.1, 0.15) is 0 Å². The molecule has 3 rings (SSSR count). The summed E-state index contributed by atoms with van der Waals surface area (Å²) >= 11 is 1.14. The number of hydrogen-bond acceptors (Lipinski definition) is 2. The van der Waals surface area contributed by atoms with Crippen LogP contribution < -0.4 is 0 Å². The average Bonchev–Trinajstić information content (AvgIpc) is 3.00. The maximum absolute atomic E-state index is 12.5. The smallest absolute Gasteiger partial charge is 0.243 e. The summed E-state index contributed by atoms with van der Waals surface area (Å²) in [6.07, 6.45) is 1.22. The summed E-state index contributed by atoms with van der Waals surface area (Å²) in [6, 6.07) is 10.1.